The minimum Gasteiger partial charge on any atom is -0.441 e. The van der Waals surface area contributed by atoms with Gasteiger partial charge in [-0.15, -0.1) is 0 Å². The third-order valence-corrected chi connectivity index (χ3v) is 2.45. The molecule has 1 aromatic heterocycles. The van der Waals surface area contributed by atoms with Crippen LogP contribution in [0.5, 0.6) is 0 Å². The molecule has 0 fully saturated rings. The minimum atomic E-state index is -0.256. The summed E-state index contributed by atoms with van der Waals surface area (Å²) in [6.07, 6.45) is 0. The lowest BCUT2D eigenvalue weighted by Gasteiger charge is -2.03. The molecule has 0 spiro atoms. The van der Waals surface area contributed by atoms with Crippen molar-refractivity contribution >= 4 is 23.1 Å². The largest absolute Gasteiger partial charge is 0.441 e. The number of nitrogens with two attached hydrogens (primary N) is 1. The van der Waals surface area contributed by atoms with Gasteiger partial charge in [-0.2, -0.15) is 0 Å². The number of hydrogen-bond donors (Lipinski definition) is 1. The summed E-state index contributed by atoms with van der Waals surface area (Å²) >= 11 is 5.61. The summed E-state index contributed by atoms with van der Waals surface area (Å²) in [7, 11) is 0. The van der Waals surface area contributed by atoms with Crippen LogP contribution in [0, 0.1) is 6.92 Å². The van der Waals surface area contributed by atoms with E-state index in [1.165, 1.54) is 12.1 Å². The van der Waals surface area contributed by atoms with Crippen molar-refractivity contribution in [3.8, 4) is 0 Å². The number of furan rings is 1. The van der Waals surface area contributed by atoms with Crippen LogP contribution < -0.4 is 5.73 Å². The predicted octanol–water partition coefficient (Wildman–Crippen LogP) is 3.05. The second kappa shape index (κ2) is 4.02. The van der Waals surface area contributed by atoms with Gasteiger partial charge in [-0.05, 0) is 42.8 Å². The molecule has 1 heterocycles. The minimum absolute atomic E-state index is 0.189. The normalized spacial score (nSPS) is 10.4. The van der Waals surface area contributed by atoms with Crippen molar-refractivity contribution in [1.29, 1.82) is 0 Å². The Bertz CT molecular complexity index is 546. The summed E-state index contributed by atoms with van der Waals surface area (Å²) in [4.78, 5) is 12.0. The molecule has 1 aromatic carbocycles. The maximum absolute atomic E-state index is 12.0. The van der Waals surface area contributed by atoms with Gasteiger partial charge < -0.3 is 10.2 Å². The van der Waals surface area contributed by atoms with E-state index in [1.54, 1.807) is 12.1 Å². The highest BCUT2D eigenvalue weighted by Gasteiger charge is 2.15. The Morgan fingerprint density at radius 2 is 2.06 bits per heavy atom. The maximum atomic E-state index is 12.0. The van der Waals surface area contributed by atoms with Gasteiger partial charge in [0.05, 0.1) is 0 Å². The van der Waals surface area contributed by atoms with Gasteiger partial charge in [0.25, 0.3) is 0 Å². The third kappa shape index (κ3) is 1.95. The number of hydrogen-bond acceptors (Lipinski definition) is 3. The van der Waals surface area contributed by atoms with Crippen LogP contribution in [0.4, 0.5) is 5.69 Å². The van der Waals surface area contributed by atoms with Crippen LogP contribution in [0.1, 0.15) is 21.7 Å². The lowest BCUT2D eigenvalue weighted by molar-refractivity contribution is 0.101. The van der Waals surface area contributed by atoms with E-state index >= 15 is 0 Å². The molecule has 82 valence electrons. The van der Waals surface area contributed by atoms with Gasteiger partial charge in [0, 0.05) is 11.3 Å². The smallest absolute Gasteiger partial charge is 0.230 e. The fourth-order valence-electron chi connectivity index (χ4n) is 1.44. The lowest BCUT2D eigenvalue weighted by Crippen LogP contribution is -2.04. The fraction of sp³-hybridized carbons (Fsp3) is 0.0833. The highest BCUT2D eigenvalue weighted by Crippen LogP contribution is 2.21. The van der Waals surface area contributed by atoms with Crippen LogP contribution in [-0.4, -0.2) is 5.78 Å². The van der Waals surface area contributed by atoms with Crippen molar-refractivity contribution in [3.63, 3.8) is 0 Å². The molecule has 2 rings (SSSR count). The highest BCUT2D eigenvalue weighted by atomic mass is 35.5. The van der Waals surface area contributed by atoms with Gasteiger partial charge in [0.2, 0.25) is 5.78 Å². The number of ketones is 1. The first-order valence-corrected chi connectivity index (χ1v) is 5.12. The van der Waals surface area contributed by atoms with Crippen LogP contribution in [0.25, 0.3) is 0 Å². The van der Waals surface area contributed by atoms with Crippen molar-refractivity contribution in [2.45, 2.75) is 6.92 Å². The standard InChI is InChI=1S/C12H10ClNO2/c1-7-2-3-9(14)8(6-7)12(15)10-4-5-11(13)16-10/h2-6H,14H2,1H3. The van der Waals surface area contributed by atoms with E-state index in [9.17, 15) is 4.79 Å². The number of carbonyl (C=O) groups excluding carboxylic acids is 1. The van der Waals surface area contributed by atoms with Crippen LogP contribution >= 0.6 is 11.6 Å². The molecule has 4 heteroatoms. The zero-order chi connectivity index (χ0) is 11.7. The van der Waals surface area contributed by atoms with E-state index in [0.29, 0.717) is 11.3 Å². The van der Waals surface area contributed by atoms with E-state index < -0.39 is 0 Å². The van der Waals surface area contributed by atoms with Gasteiger partial charge in [0.15, 0.2) is 11.0 Å². The first kappa shape index (κ1) is 10.8. The van der Waals surface area contributed by atoms with Gasteiger partial charge in [-0.3, -0.25) is 4.79 Å². The molecule has 0 amide bonds. The summed E-state index contributed by atoms with van der Waals surface area (Å²) in [5.74, 6) is -0.0598. The number of anilines is 1. The summed E-state index contributed by atoms with van der Waals surface area (Å²) < 4.78 is 5.05. The van der Waals surface area contributed by atoms with Crippen molar-refractivity contribution in [2.24, 2.45) is 0 Å². The van der Waals surface area contributed by atoms with E-state index in [-0.39, 0.29) is 16.8 Å². The fourth-order valence-corrected chi connectivity index (χ4v) is 1.58. The Labute approximate surface area is 97.8 Å². The molecule has 0 aliphatic rings. The Balaban J connectivity index is 2.45. The van der Waals surface area contributed by atoms with Crippen LogP contribution in [-0.2, 0) is 0 Å². The van der Waals surface area contributed by atoms with Gasteiger partial charge in [-0.1, -0.05) is 11.6 Å². The van der Waals surface area contributed by atoms with E-state index in [2.05, 4.69) is 0 Å². The number of rotatable bonds is 2. The molecule has 2 N–H and O–H groups in total. The summed E-state index contributed by atoms with van der Waals surface area (Å²) in [5.41, 5.74) is 7.58. The first-order chi connectivity index (χ1) is 7.58. The second-order valence-electron chi connectivity index (χ2n) is 3.52. The zero-order valence-corrected chi connectivity index (χ0v) is 9.41. The Morgan fingerprint density at radius 3 is 2.69 bits per heavy atom. The molecule has 2 aromatic rings. The number of nitrogen functional groups attached to an aromatic ring is 1. The van der Waals surface area contributed by atoms with Crippen molar-refractivity contribution < 1.29 is 9.21 Å². The highest BCUT2D eigenvalue weighted by molar-refractivity contribution is 6.29. The molecular formula is C12H10ClNO2. The zero-order valence-electron chi connectivity index (χ0n) is 8.66. The summed E-state index contributed by atoms with van der Waals surface area (Å²) in [6, 6.07) is 8.34. The molecule has 0 saturated carbocycles. The van der Waals surface area contributed by atoms with Gasteiger partial charge in [-0.25, -0.2) is 0 Å². The Hall–Kier alpha value is -1.74. The SMILES string of the molecule is Cc1ccc(N)c(C(=O)c2ccc(Cl)o2)c1. The lowest BCUT2D eigenvalue weighted by atomic mass is 10.0. The molecule has 0 bridgehead atoms. The third-order valence-electron chi connectivity index (χ3n) is 2.25. The Kier molecular flexibility index (Phi) is 2.71. The average Bonchev–Trinajstić information content (AvgIpc) is 2.67. The number of carbonyl (C=O) groups is 1. The van der Waals surface area contributed by atoms with E-state index in [1.807, 2.05) is 13.0 Å². The Morgan fingerprint density at radius 1 is 1.31 bits per heavy atom. The number of aryl methyl sites for hydroxylation is 1. The van der Waals surface area contributed by atoms with Crippen molar-refractivity contribution in [1.82, 2.24) is 0 Å². The molecular weight excluding hydrogens is 226 g/mol. The average molecular weight is 236 g/mol. The number of benzene rings is 1. The van der Waals surface area contributed by atoms with Gasteiger partial charge in [0.1, 0.15) is 0 Å². The quantitative estimate of drug-likeness (QED) is 0.643. The van der Waals surface area contributed by atoms with Crippen LogP contribution in [0.2, 0.25) is 5.22 Å². The van der Waals surface area contributed by atoms with Crippen molar-refractivity contribution in [2.75, 3.05) is 5.73 Å². The maximum Gasteiger partial charge on any atom is 0.230 e. The molecule has 3 nitrogen and oxygen atoms in total. The summed E-state index contributed by atoms with van der Waals surface area (Å²) in [5, 5.41) is 0.189. The van der Waals surface area contributed by atoms with Gasteiger partial charge >= 0.3 is 0 Å². The summed E-state index contributed by atoms with van der Waals surface area (Å²) in [6.45, 7) is 1.89. The van der Waals surface area contributed by atoms with Crippen LogP contribution in [0.3, 0.4) is 0 Å². The predicted molar refractivity (Wildman–Crippen MR) is 62.7 cm³/mol. The van der Waals surface area contributed by atoms with Crippen LogP contribution in [0.15, 0.2) is 34.7 Å². The van der Waals surface area contributed by atoms with Crippen molar-refractivity contribution in [3.05, 3.63) is 52.4 Å². The molecule has 0 saturated heterocycles. The molecule has 0 radical (unpaired) electrons. The molecule has 16 heavy (non-hydrogen) atoms. The molecule has 0 atom stereocenters. The van der Waals surface area contributed by atoms with E-state index in [4.69, 9.17) is 21.8 Å². The second-order valence-corrected chi connectivity index (χ2v) is 3.90. The monoisotopic (exact) mass is 235 g/mol. The first-order valence-electron chi connectivity index (χ1n) is 4.74. The number of halogens is 1. The molecule has 0 aliphatic carbocycles. The molecule has 0 aliphatic heterocycles. The topological polar surface area (TPSA) is 56.2 Å². The van der Waals surface area contributed by atoms with E-state index in [0.717, 1.165) is 5.56 Å². The molecule has 0 unspecified atom stereocenters.